The third-order valence-corrected chi connectivity index (χ3v) is 5.93. The molecular weight excluding hydrogens is 242 g/mol. The van der Waals surface area contributed by atoms with Gasteiger partial charge >= 0.3 is 0 Å². The number of ketones is 1. The van der Waals surface area contributed by atoms with E-state index in [0.29, 0.717) is 13.0 Å². The van der Waals surface area contributed by atoms with E-state index in [1.54, 1.807) is 7.11 Å². The van der Waals surface area contributed by atoms with Crippen molar-refractivity contribution in [3.8, 4) is 0 Å². The van der Waals surface area contributed by atoms with E-state index in [-0.39, 0.29) is 28.6 Å². The van der Waals surface area contributed by atoms with Crippen LogP contribution >= 0.6 is 0 Å². The quantitative estimate of drug-likeness (QED) is 0.846. The highest BCUT2D eigenvalue weighted by atomic mass is 16.5. The fourth-order valence-electron chi connectivity index (χ4n) is 4.01. The molecule has 4 heteroatoms. The lowest BCUT2D eigenvalue weighted by Gasteiger charge is -2.39. The minimum atomic E-state index is -0.527. The lowest BCUT2D eigenvalue weighted by Crippen LogP contribution is -2.50. The zero-order valence-electron chi connectivity index (χ0n) is 12.6. The molecule has 3 atom stereocenters. The first-order valence-electron chi connectivity index (χ1n) is 7.04. The molecule has 1 amide bonds. The van der Waals surface area contributed by atoms with E-state index < -0.39 is 5.41 Å². The number of ether oxygens (including phenoxy) is 1. The molecule has 2 saturated carbocycles. The van der Waals surface area contributed by atoms with Gasteiger partial charge in [-0.15, -0.1) is 0 Å². The Hall–Kier alpha value is -0.900. The number of Topliss-reactive ketones (excluding diaryl/α,β-unsaturated/α-hetero) is 1. The van der Waals surface area contributed by atoms with Crippen LogP contribution in [0.1, 0.15) is 47.0 Å². The van der Waals surface area contributed by atoms with Gasteiger partial charge in [0, 0.05) is 25.0 Å². The van der Waals surface area contributed by atoms with Gasteiger partial charge in [0.25, 0.3) is 0 Å². The van der Waals surface area contributed by atoms with Crippen molar-refractivity contribution in [3.63, 3.8) is 0 Å². The summed E-state index contributed by atoms with van der Waals surface area (Å²) in [4.78, 5) is 25.0. The highest BCUT2D eigenvalue weighted by Crippen LogP contribution is 2.70. The van der Waals surface area contributed by atoms with Crippen LogP contribution in [0.3, 0.4) is 0 Å². The minimum Gasteiger partial charge on any atom is -0.383 e. The summed E-state index contributed by atoms with van der Waals surface area (Å²) < 4.78 is 5.06. The Morgan fingerprint density at radius 1 is 1.37 bits per heavy atom. The molecule has 2 fully saturated rings. The molecule has 1 N–H and O–H groups in total. The number of fused-ring (bicyclic) bond motifs is 2. The van der Waals surface area contributed by atoms with E-state index in [0.717, 1.165) is 12.8 Å². The molecule has 0 aromatic carbocycles. The molecule has 0 spiro atoms. The van der Waals surface area contributed by atoms with Crippen LogP contribution in [0.2, 0.25) is 0 Å². The van der Waals surface area contributed by atoms with E-state index in [4.69, 9.17) is 4.74 Å². The van der Waals surface area contributed by atoms with Crippen molar-refractivity contribution in [3.05, 3.63) is 0 Å². The van der Waals surface area contributed by atoms with Gasteiger partial charge in [-0.05, 0) is 25.2 Å². The second kappa shape index (κ2) is 4.30. The average Bonchev–Trinajstić information content (AvgIpc) is 2.59. The van der Waals surface area contributed by atoms with Gasteiger partial charge in [0.2, 0.25) is 5.91 Å². The van der Waals surface area contributed by atoms with Crippen LogP contribution in [0.4, 0.5) is 0 Å². The third-order valence-electron chi connectivity index (χ3n) is 5.93. The first-order chi connectivity index (χ1) is 8.71. The Morgan fingerprint density at radius 2 is 2.00 bits per heavy atom. The Morgan fingerprint density at radius 3 is 2.42 bits per heavy atom. The van der Waals surface area contributed by atoms with Gasteiger partial charge in [0.1, 0.15) is 5.78 Å². The van der Waals surface area contributed by atoms with Crippen molar-refractivity contribution in [2.75, 3.05) is 13.7 Å². The van der Waals surface area contributed by atoms with Gasteiger partial charge in [0.05, 0.1) is 12.0 Å². The summed E-state index contributed by atoms with van der Waals surface area (Å²) in [7, 11) is 1.62. The monoisotopic (exact) mass is 267 g/mol. The molecule has 2 rings (SSSR count). The van der Waals surface area contributed by atoms with Crippen LogP contribution < -0.4 is 5.32 Å². The van der Waals surface area contributed by atoms with Crippen molar-refractivity contribution in [1.82, 2.24) is 5.32 Å². The van der Waals surface area contributed by atoms with Crippen molar-refractivity contribution in [1.29, 1.82) is 0 Å². The number of rotatable bonds is 4. The zero-order valence-corrected chi connectivity index (χ0v) is 12.6. The number of carbonyl (C=O) groups is 2. The fourth-order valence-corrected chi connectivity index (χ4v) is 4.01. The van der Waals surface area contributed by atoms with E-state index in [9.17, 15) is 9.59 Å². The number of carbonyl (C=O) groups excluding carboxylic acids is 2. The van der Waals surface area contributed by atoms with Crippen molar-refractivity contribution in [2.45, 2.75) is 53.0 Å². The molecule has 0 heterocycles. The first-order valence-corrected chi connectivity index (χ1v) is 7.04. The van der Waals surface area contributed by atoms with Gasteiger partial charge in [0.15, 0.2) is 0 Å². The molecule has 0 aliphatic heterocycles. The smallest absolute Gasteiger partial charge is 0.227 e. The Balaban J connectivity index is 2.24. The average molecular weight is 267 g/mol. The molecule has 4 nitrogen and oxygen atoms in total. The van der Waals surface area contributed by atoms with Crippen LogP contribution in [0.5, 0.6) is 0 Å². The van der Waals surface area contributed by atoms with Crippen molar-refractivity contribution < 1.29 is 14.3 Å². The van der Waals surface area contributed by atoms with E-state index in [2.05, 4.69) is 19.2 Å². The van der Waals surface area contributed by atoms with E-state index in [1.807, 2.05) is 13.8 Å². The highest BCUT2D eigenvalue weighted by molar-refractivity contribution is 5.99. The number of hydrogen-bond donors (Lipinski definition) is 1. The molecule has 108 valence electrons. The number of amides is 1. The molecule has 0 radical (unpaired) electrons. The predicted molar refractivity (Wildman–Crippen MR) is 72.7 cm³/mol. The lowest BCUT2D eigenvalue weighted by molar-refractivity contribution is -0.137. The summed E-state index contributed by atoms with van der Waals surface area (Å²) >= 11 is 0. The molecule has 2 aliphatic carbocycles. The van der Waals surface area contributed by atoms with E-state index in [1.165, 1.54) is 0 Å². The Kier molecular flexibility index (Phi) is 3.28. The predicted octanol–water partition coefficient (Wildman–Crippen LogP) is 1.92. The van der Waals surface area contributed by atoms with Crippen LogP contribution in [0, 0.1) is 16.2 Å². The van der Waals surface area contributed by atoms with Crippen LogP contribution in [-0.2, 0) is 14.3 Å². The summed E-state index contributed by atoms with van der Waals surface area (Å²) in [5, 5.41) is 3.02. The molecule has 19 heavy (non-hydrogen) atoms. The largest absolute Gasteiger partial charge is 0.383 e. The molecule has 2 aliphatic rings. The summed E-state index contributed by atoms with van der Waals surface area (Å²) in [6.07, 6.45) is 2.03. The van der Waals surface area contributed by atoms with Gasteiger partial charge in [-0.2, -0.15) is 0 Å². The van der Waals surface area contributed by atoms with Crippen LogP contribution in [0.25, 0.3) is 0 Å². The minimum absolute atomic E-state index is 0.0229. The van der Waals surface area contributed by atoms with Crippen LogP contribution in [-0.4, -0.2) is 31.4 Å². The molecule has 0 unspecified atom stereocenters. The maximum atomic E-state index is 12.7. The molecule has 0 aromatic rings. The number of methoxy groups -OCH3 is 1. The van der Waals surface area contributed by atoms with E-state index >= 15 is 0 Å². The fraction of sp³-hybridized carbons (Fsp3) is 0.867. The summed E-state index contributed by atoms with van der Waals surface area (Å²) in [6.45, 7) is 8.59. The maximum absolute atomic E-state index is 12.7. The molecule has 2 bridgehead atoms. The van der Waals surface area contributed by atoms with Crippen LogP contribution in [0.15, 0.2) is 0 Å². The molecule has 0 saturated heterocycles. The summed E-state index contributed by atoms with van der Waals surface area (Å²) in [5.41, 5.74) is -1.14. The number of hydrogen-bond acceptors (Lipinski definition) is 3. The van der Waals surface area contributed by atoms with Gasteiger partial charge in [-0.1, -0.05) is 20.8 Å². The Labute approximate surface area is 115 Å². The topological polar surface area (TPSA) is 55.4 Å². The standard InChI is InChI=1S/C15H25NO3/c1-10(9-19-5)16-12(18)15-7-6-14(4,11(17)8-15)13(15,2)3/h10H,6-9H2,1-5H3,(H,16,18)/t10-,14-,15-/m1/s1. The summed E-state index contributed by atoms with van der Waals surface area (Å²) in [5.74, 6) is 0.273. The van der Waals surface area contributed by atoms with Crippen molar-refractivity contribution >= 4 is 11.7 Å². The second-order valence-electron chi connectivity index (χ2n) is 6.97. The second-order valence-corrected chi connectivity index (χ2v) is 6.97. The van der Waals surface area contributed by atoms with Gasteiger partial charge < -0.3 is 10.1 Å². The maximum Gasteiger partial charge on any atom is 0.227 e. The summed E-state index contributed by atoms with van der Waals surface area (Å²) in [6, 6.07) is -0.0229. The van der Waals surface area contributed by atoms with Crippen molar-refractivity contribution in [2.24, 2.45) is 16.2 Å². The number of nitrogens with one attached hydrogen (secondary N) is 1. The highest BCUT2D eigenvalue weighted by Gasteiger charge is 2.72. The lowest BCUT2D eigenvalue weighted by atomic mass is 9.64. The van der Waals surface area contributed by atoms with Gasteiger partial charge in [-0.25, -0.2) is 0 Å². The normalized spacial score (nSPS) is 37.4. The molecular formula is C15H25NO3. The molecule has 0 aromatic heterocycles. The Bertz CT molecular complexity index is 418. The third kappa shape index (κ3) is 1.69. The van der Waals surface area contributed by atoms with Gasteiger partial charge in [-0.3, -0.25) is 9.59 Å². The first kappa shape index (κ1) is 14.5. The zero-order chi connectivity index (χ0) is 14.5. The SMILES string of the molecule is COC[C@@H](C)NC(=O)[C@@]12CC[C@](C)(C(=O)C1)C2(C)C.